The first-order valence-corrected chi connectivity index (χ1v) is 6.67. The summed E-state index contributed by atoms with van der Waals surface area (Å²) in [4.78, 5) is 4.23. The van der Waals surface area contributed by atoms with E-state index in [1.165, 1.54) is 11.1 Å². The molecule has 3 rings (SSSR count). The fourth-order valence-electron chi connectivity index (χ4n) is 2.55. The molecule has 2 aromatic rings. The Morgan fingerprint density at radius 3 is 2.89 bits per heavy atom. The van der Waals surface area contributed by atoms with E-state index in [0.717, 1.165) is 24.8 Å². The van der Waals surface area contributed by atoms with Crippen LogP contribution in [-0.2, 0) is 13.0 Å². The van der Waals surface area contributed by atoms with E-state index in [-0.39, 0.29) is 12.7 Å². The molecule has 0 saturated carbocycles. The van der Waals surface area contributed by atoms with Crippen molar-refractivity contribution in [2.75, 3.05) is 0 Å². The highest BCUT2D eigenvalue weighted by molar-refractivity contribution is 5.32. The first-order chi connectivity index (χ1) is 9.36. The van der Waals surface area contributed by atoms with Crippen LogP contribution < -0.4 is 4.74 Å². The quantitative estimate of drug-likeness (QED) is 0.916. The van der Waals surface area contributed by atoms with E-state index < -0.39 is 0 Å². The van der Waals surface area contributed by atoms with Crippen molar-refractivity contribution in [2.24, 2.45) is 0 Å². The van der Waals surface area contributed by atoms with E-state index in [1.54, 1.807) is 6.20 Å². The third-order valence-electron chi connectivity index (χ3n) is 3.56. The molecule has 1 aliphatic rings. The molecule has 0 radical (unpaired) electrons. The summed E-state index contributed by atoms with van der Waals surface area (Å²) in [5, 5.41) is 9.00. The van der Waals surface area contributed by atoms with Gasteiger partial charge in [0.2, 0.25) is 5.88 Å². The molecule has 19 heavy (non-hydrogen) atoms. The van der Waals surface area contributed by atoms with Crippen molar-refractivity contribution in [1.29, 1.82) is 0 Å². The van der Waals surface area contributed by atoms with Gasteiger partial charge in [-0.2, -0.15) is 0 Å². The zero-order valence-electron chi connectivity index (χ0n) is 10.7. The highest BCUT2D eigenvalue weighted by atomic mass is 16.5. The fraction of sp³-hybridized carbons (Fsp3) is 0.312. The van der Waals surface area contributed by atoms with Crippen LogP contribution in [0.1, 0.15) is 35.6 Å². The Bertz CT molecular complexity index is 551. The minimum absolute atomic E-state index is 0.0134. The molecular weight excluding hydrogens is 238 g/mol. The molecular formula is C16H17NO2. The largest absolute Gasteiger partial charge is 0.469 e. The van der Waals surface area contributed by atoms with Gasteiger partial charge in [-0.25, -0.2) is 4.98 Å². The third-order valence-corrected chi connectivity index (χ3v) is 3.56. The normalized spacial score (nSPS) is 17.8. The van der Waals surface area contributed by atoms with E-state index in [0.29, 0.717) is 5.88 Å². The maximum atomic E-state index is 9.00. The summed E-state index contributed by atoms with van der Waals surface area (Å²) in [6.07, 6.45) is 5.06. The van der Waals surface area contributed by atoms with Crippen LogP contribution in [0.5, 0.6) is 5.88 Å². The van der Waals surface area contributed by atoms with Gasteiger partial charge in [-0.15, -0.1) is 0 Å². The molecule has 0 fully saturated rings. The van der Waals surface area contributed by atoms with Crippen molar-refractivity contribution in [1.82, 2.24) is 4.98 Å². The van der Waals surface area contributed by atoms with Crippen LogP contribution in [0.3, 0.4) is 0 Å². The summed E-state index contributed by atoms with van der Waals surface area (Å²) >= 11 is 0. The number of fused-ring (bicyclic) bond motifs is 1. The molecule has 1 heterocycles. The van der Waals surface area contributed by atoms with Gasteiger partial charge >= 0.3 is 0 Å². The zero-order valence-corrected chi connectivity index (χ0v) is 10.7. The number of aryl methyl sites for hydroxylation is 1. The van der Waals surface area contributed by atoms with Crippen molar-refractivity contribution < 1.29 is 9.84 Å². The second-order valence-electron chi connectivity index (χ2n) is 4.86. The van der Waals surface area contributed by atoms with Crippen molar-refractivity contribution in [3.63, 3.8) is 0 Å². The van der Waals surface area contributed by atoms with E-state index >= 15 is 0 Å². The highest BCUT2D eigenvalue weighted by Gasteiger charge is 2.21. The predicted octanol–water partition coefficient (Wildman–Crippen LogP) is 3.03. The van der Waals surface area contributed by atoms with Gasteiger partial charge in [0.1, 0.15) is 6.10 Å². The monoisotopic (exact) mass is 255 g/mol. The molecule has 1 N–H and O–H groups in total. The number of aliphatic hydroxyl groups excluding tert-OH is 1. The SMILES string of the molecule is OCc1ccc(OC2CCCc3ccccc32)nc1. The Labute approximate surface area is 112 Å². The molecule has 1 unspecified atom stereocenters. The molecule has 0 aliphatic heterocycles. The first kappa shape index (κ1) is 12.2. The van der Waals surface area contributed by atoms with Crippen LogP contribution in [0.4, 0.5) is 0 Å². The summed E-state index contributed by atoms with van der Waals surface area (Å²) in [5.41, 5.74) is 3.46. The van der Waals surface area contributed by atoms with Crippen molar-refractivity contribution >= 4 is 0 Å². The van der Waals surface area contributed by atoms with Gasteiger partial charge in [0.05, 0.1) is 6.61 Å². The summed E-state index contributed by atoms with van der Waals surface area (Å²) in [6, 6.07) is 12.1. The summed E-state index contributed by atoms with van der Waals surface area (Å²) in [7, 11) is 0. The van der Waals surface area contributed by atoms with Crippen molar-refractivity contribution in [2.45, 2.75) is 32.0 Å². The Kier molecular flexibility index (Phi) is 3.47. The minimum atomic E-state index is 0.0134. The van der Waals surface area contributed by atoms with Crippen LogP contribution in [0.25, 0.3) is 0 Å². The molecule has 0 bridgehead atoms. The molecule has 1 aromatic carbocycles. The number of nitrogens with zero attached hydrogens (tertiary/aromatic N) is 1. The predicted molar refractivity (Wildman–Crippen MR) is 72.9 cm³/mol. The van der Waals surface area contributed by atoms with Gasteiger partial charge in [0.25, 0.3) is 0 Å². The first-order valence-electron chi connectivity index (χ1n) is 6.67. The van der Waals surface area contributed by atoms with Crippen LogP contribution >= 0.6 is 0 Å². The Hall–Kier alpha value is -1.87. The lowest BCUT2D eigenvalue weighted by atomic mass is 9.89. The number of ether oxygens (including phenoxy) is 1. The molecule has 0 saturated heterocycles. The van der Waals surface area contributed by atoms with Gasteiger partial charge < -0.3 is 9.84 Å². The van der Waals surface area contributed by atoms with Gasteiger partial charge in [-0.3, -0.25) is 0 Å². The van der Waals surface area contributed by atoms with E-state index in [2.05, 4.69) is 29.2 Å². The van der Waals surface area contributed by atoms with Crippen LogP contribution in [-0.4, -0.2) is 10.1 Å². The van der Waals surface area contributed by atoms with Crippen molar-refractivity contribution in [3.05, 3.63) is 59.3 Å². The second-order valence-corrected chi connectivity index (χ2v) is 4.86. The fourth-order valence-corrected chi connectivity index (χ4v) is 2.55. The summed E-state index contributed by atoms with van der Waals surface area (Å²) < 4.78 is 5.99. The third kappa shape index (κ3) is 2.61. The lowest BCUT2D eigenvalue weighted by molar-refractivity contribution is 0.175. The summed E-state index contributed by atoms with van der Waals surface area (Å²) in [5.74, 6) is 0.624. The minimum Gasteiger partial charge on any atom is -0.469 e. The average Bonchev–Trinajstić information content (AvgIpc) is 2.48. The van der Waals surface area contributed by atoms with E-state index in [9.17, 15) is 0 Å². The highest BCUT2D eigenvalue weighted by Crippen LogP contribution is 2.32. The smallest absolute Gasteiger partial charge is 0.213 e. The lowest BCUT2D eigenvalue weighted by Crippen LogP contribution is -2.15. The number of benzene rings is 1. The summed E-state index contributed by atoms with van der Waals surface area (Å²) in [6.45, 7) is 0.0134. The van der Waals surface area contributed by atoms with Crippen molar-refractivity contribution in [3.8, 4) is 5.88 Å². The number of aromatic nitrogens is 1. The maximum absolute atomic E-state index is 9.00. The Morgan fingerprint density at radius 1 is 1.21 bits per heavy atom. The van der Waals surface area contributed by atoms with E-state index in [4.69, 9.17) is 9.84 Å². The number of hydrogen-bond acceptors (Lipinski definition) is 3. The molecule has 3 nitrogen and oxygen atoms in total. The molecule has 98 valence electrons. The standard InChI is InChI=1S/C16H17NO2/c18-11-12-8-9-16(17-10-12)19-15-7-3-5-13-4-1-2-6-14(13)15/h1-2,4,6,8-10,15,18H,3,5,7,11H2. The molecule has 1 aromatic heterocycles. The van der Waals surface area contributed by atoms with Crippen LogP contribution in [0.15, 0.2) is 42.6 Å². The Morgan fingerprint density at radius 2 is 2.11 bits per heavy atom. The van der Waals surface area contributed by atoms with Gasteiger partial charge in [0, 0.05) is 12.3 Å². The van der Waals surface area contributed by atoms with Gasteiger partial charge in [0.15, 0.2) is 0 Å². The number of aliphatic hydroxyl groups is 1. The van der Waals surface area contributed by atoms with Crippen LogP contribution in [0.2, 0.25) is 0 Å². The van der Waals surface area contributed by atoms with E-state index in [1.807, 2.05) is 12.1 Å². The molecule has 0 spiro atoms. The number of hydrogen-bond donors (Lipinski definition) is 1. The molecule has 1 atom stereocenters. The number of rotatable bonds is 3. The zero-order chi connectivity index (χ0) is 13.1. The second kappa shape index (κ2) is 5.41. The van der Waals surface area contributed by atoms with Gasteiger partial charge in [-0.1, -0.05) is 24.3 Å². The average molecular weight is 255 g/mol. The van der Waals surface area contributed by atoms with Gasteiger partial charge in [-0.05, 0) is 42.0 Å². The molecule has 3 heteroatoms. The maximum Gasteiger partial charge on any atom is 0.213 e. The number of pyridine rings is 1. The Balaban J connectivity index is 1.80. The lowest BCUT2D eigenvalue weighted by Gasteiger charge is -2.25. The molecule has 0 amide bonds. The topological polar surface area (TPSA) is 42.4 Å². The molecule has 1 aliphatic carbocycles. The van der Waals surface area contributed by atoms with Crippen LogP contribution in [0, 0.1) is 0 Å².